The van der Waals surface area contributed by atoms with Crippen molar-refractivity contribution in [2.24, 2.45) is 34.5 Å². The van der Waals surface area contributed by atoms with Crippen LogP contribution in [0.2, 0.25) is 0 Å². The van der Waals surface area contributed by atoms with E-state index in [1.807, 2.05) is 6.92 Å². The van der Waals surface area contributed by atoms with Crippen molar-refractivity contribution in [2.45, 2.75) is 77.7 Å². The molecule has 4 fully saturated rings. The molecule has 3 heteroatoms. The molecule has 4 aliphatic carbocycles. The Morgan fingerprint density at radius 2 is 1.75 bits per heavy atom. The van der Waals surface area contributed by atoms with E-state index in [9.17, 15) is 15.0 Å². The molecule has 134 valence electrons. The standard InChI is InChI=1S/C21H32O3/c1-19-11-13(12-22)18(23)10-14(19)4-5-15-16(19)6-8-20(2)17(15)7-9-21(20,3)24/h12,14-17,22,24H,4-11H2,1-3H3/b13-12+/t14-,15-,16+,17+,19+,20+,21-/m1/s1. The Kier molecular flexibility index (Phi) is 3.53. The van der Waals surface area contributed by atoms with E-state index in [4.69, 9.17) is 0 Å². The van der Waals surface area contributed by atoms with E-state index in [2.05, 4.69) is 13.8 Å². The van der Waals surface area contributed by atoms with Crippen LogP contribution in [0.15, 0.2) is 11.8 Å². The number of aliphatic hydroxyl groups is 2. The van der Waals surface area contributed by atoms with Gasteiger partial charge in [0.25, 0.3) is 0 Å². The molecule has 0 unspecified atom stereocenters. The van der Waals surface area contributed by atoms with Gasteiger partial charge in [-0.15, -0.1) is 0 Å². The maximum atomic E-state index is 12.2. The number of allylic oxidation sites excluding steroid dienone is 1. The zero-order valence-corrected chi connectivity index (χ0v) is 15.3. The molecule has 0 radical (unpaired) electrons. The van der Waals surface area contributed by atoms with Gasteiger partial charge in [-0.05, 0) is 86.4 Å². The van der Waals surface area contributed by atoms with Gasteiger partial charge in [0.05, 0.1) is 11.9 Å². The topological polar surface area (TPSA) is 57.5 Å². The first-order chi connectivity index (χ1) is 11.2. The first kappa shape index (κ1) is 16.6. The fourth-order valence-corrected chi connectivity index (χ4v) is 7.37. The number of hydrogen-bond acceptors (Lipinski definition) is 3. The van der Waals surface area contributed by atoms with Gasteiger partial charge < -0.3 is 10.2 Å². The van der Waals surface area contributed by atoms with Gasteiger partial charge in [0.15, 0.2) is 5.78 Å². The van der Waals surface area contributed by atoms with E-state index < -0.39 is 5.60 Å². The van der Waals surface area contributed by atoms with Crippen molar-refractivity contribution in [3.05, 3.63) is 11.8 Å². The third-order valence-corrected chi connectivity index (χ3v) is 9.14. The SMILES string of the molecule is C[C@]12C/C(=C\O)C(=O)C[C@H]1CC[C@@H]1[C@@H]2CC[C@@]2(C)[C@H]1CC[C@@]2(C)O. The molecule has 7 atom stereocenters. The zero-order valence-electron chi connectivity index (χ0n) is 15.3. The zero-order chi connectivity index (χ0) is 17.3. The number of hydrogen-bond donors (Lipinski definition) is 2. The van der Waals surface area contributed by atoms with E-state index >= 15 is 0 Å². The molecular weight excluding hydrogens is 300 g/mol. The summed E-state index contributed by atoms with van der Waals surface area (Å²) in [6, 6.07) is 0. The molecule has 4 saturated carbocycles. The second kappa shape index (κ2) is 5.09. The predicted octanol–water partition coefficient (Wildman–Crippen LogP) is 4.40. The van der Waals surface area contributed by atoms with Crippen molar-refractivity contribution in [2.75, 3.05) is 0 Å². The minimum absolute atomic E-state index is 0.0531. The number of fused-ring (bicyclic) bond motifs is 5. The molecule has 4 rings (SSSR count). The van der Waals surface area contributed by atoms with Crippen molar-refractivity contribution >= 4 is 5.78 Å². The highest BCUT2D eigenvalue weighted by molar-refractivity contribution is 5.96. The minimum Gasteiger partial charge on any atom is -0.515 e. The third-order valence-electron chi connectivity index (χ3n) is 9.14. The van der Waals surface area contributed by atoms with Gasteiger partial charge >= 0.3 is 0 Å². The number of Topliss-reactive ketones (excluding diaryl/α,β-unsaturated/α-hetero) is 1. The van der Waals surface area contributed by atoms with Crippen LogP contribution in [0.4, 0.5) is 0 Å². The Labute approximate surface area is 145 Å². The Bertz CT molecular complexity index is 592. The van der Waals surface area contributed by atoms with Crippen LogP contribution in [-0.2, 0) is 4.79 Å². The lowest BCUT2D eigenvalue weighted by Crippen LogP contribution is -2.56. The van der Waals surface area contributed by atoms with Gasteiger partial charge in [-0.25, -0.2) is 0 Å². The Hall–Kier alpha value is -0.830. The van der Waals surface area contributed by atoms with Gasteiger partial charge in [0.2, 0.25) is 0 Å². The molecule has 3 nitrogen and oxygen atoms in total. The van der Waals surface area contributed by atoms with Crippen LogP contribution in [0.3, 0.4) is 0 Å². The van der Waals surface area contributed by atoms with Gasteiger partial charge in [-0.2, -0.15) is 0 Å². The average Bonchev–Trinajstić information content (AvgIpc) is 2.77. The number of carbonyl (C=O) groups excluding carboxylic acids is 1. The first-order valence-corrected chi connectivity index (χ1v) is 9.82. The molecule has 0 heterocycles. The fraction of sp³-hybridized carbons (Fsp3) is 0.857. The van der Waals surface area contributed by atoms with E-state index in [1.54, 1.807) is 0 Å². The van der Waals surface area contributed by atoms with Crippen molar-refractivity contribution in [1.29, 1.82) is 0 Å². The van der Waals surface area contributed by atoms with Gasteiger partial charge in [-0.3, -0.25) is 4.79 Å². The van der Waals surface area contributed by atoms with Crippen LogP contribution in [0.5, 0.6) is 0 Å². The number of carbonyl (C=O) groups is 1. The molecule has 2 N–H and O–H groups in total. The van der Waals surface area contributed by atoms with Crippen molar-refractivity contribution in [3.8, 4) is 0 Å². The van der Waals surface area contributed by atoms with E-state index in [0.717, 1.165) is 44.8 Å². The monoisotopic (exact) mass is 332 g/mol. The summed E-state index contributed by atoms with van der Waals surface area (Å²) in [6.45, 7) is 6.74. The highest BCUT2D eigenvalue weighted by atomic mass is 16.3. The van der Waals surface area contributed by atoms with Crippen LogP contribution >= 0.6 is 0 Å². The van der Waals surface area contributed by atoms with Crippen LogP contribution in [0.1, 0.15) is 72.1 Å². The van der Waals surface area contributed by atoms with Crippen LogP contribution in [0, 0.1) is 34.5 Å². The number of rotatable bonds is 0. The van der Waals surface area contributed by atoms with Crippen molar-refractivity contribution in [3.63, 3.8) is 0 Å². The van der Waals surface area contributed by atoms with Crippen LogP contribution in [0.25, 0.3) is 0 Å². The smallest absolute Gasteiger partial charge is 0.162 e. The van der Waals surface area contributed by atoms with E-state index in [0.29, 0.717) is 35.7 Å². The lowest BCUT2D eigenvalue weighted by Gasteiger charge is -2.61. The lowest BCUT2D eigenvalue weighted by atomic mass is 9.44. The molecule has 24 heavy (non-hydrogen) atoms. The lowest BCUT2D eigenvalue weighted by molar-refractivity contribution is -0.147. The molecule has 4 aliphatic rings. The maximum absolute atomic E-state index is 12.2. The normalized spacial score (nSPS) is 55.8. The molecule has 0 aromatic carbocycles. The molecule has 0 aliphatic heterocycles. The van der Waals surface area contributed by atoms with Crippen LogP contribution < -0.4 is 0 Å². The van der Waals surface area contributed by atoms with Gasteiger partial charge in [0, 0.05) is 12.0 Å². The Morgan fingerprint density at radius 1 is 1.04 bits per heavy atom. The molecular formula is C21H32O3. The molecule has 0 aromatic rings. The third kappa shape index (κ3) is 1.97. The highest BCUT2D eigenvalue weighted by Crippen LogP contribution is 2.68. The molecule has 0 amide bonds. The van der Waals surface area contributed by atoms with Crippen LogP contribution in [-0.4, -0.2) is 21.6 Å². The van der Waals surface area contributed by atoms with Gasteiger partial charge in [-0.1, -0.05) is 13.8 Å². The highest BCUT2D eigenvalue weighted by Gasteiger charge is 2.63. The maximum Gasteiger partial charge on any atom is 0.162 e. The fourth-order valence-electron chi connectivity index (χ4n) is 7.37. The molecule has 0 aromatic heterocycles. The van der Waals surface area contributed by atoms with Crippen molar-refractivity contribution in [1.82, 2.24) is 0 Å². The number of aliphatic hydroxyl groups excluding tert-OH is 1. The summed E-state index contributed by atoms with van der Waals surface area (Å²) in [4.78, 5) is 12.2. The molecule has 0 saturated heterocycles. The summed E-state index contributed by atoms with van der Waals surface area (Å²) in [5.41, 5.74) is 0.304. The Balaban J connectivity index is 1.67. The number of ketones is 1. The predicted molar refractivity (Wildman–Crippen MR) is 93.5 cm³/mol. The second-order valence-corrected chi connectivity index (χ2v) is 9.88. The summed E-state index contributed by atoms with van der Waals surface area (Å²) < 4.78 is 0. The minimum atomic E-state index is -0.529. The quantitative estimate of drug-likeness (QED) is 0.510. The summed E-state index contributed by atoms with van der Waals surface area (Å²) in [6.07, 6.45) is 9.11. The summed E-state index contributed by atoms with van der Waals surface area (Å²) >= 11 is 0. The summed E-state index contributed by atoms with van der Waals surface area (Å²) in [7, 11) is 0. The van der Waals surface area contributed by atoms with Gasteiger partial charge in [0.1, 0.15) is 0 Å². The first-order valence-electron chi connectivity index (χ1n) is 9.82. The largest absolute Gasteiger partial charge is 0.515 e. The average molecular weight is 332 g/mol. The van der Waals surface area contributed by atoms with E-state index in [1.165, 1.54) is 6.42 Å². The van der Waals surface area contributed by atoms with E-state index in [-0.39, 0.29) is 16.6 Å². The molecule has 0 bridgehead atoms. The summed E-state index contributed by atoms with van der Waals surface area (Å²) in [5, 5.41) is 20.5. The second-order valence-electron chi connectivity index (χ2n) is 9.88. The molecule has 0 spiro atoms. The van der Waals surface area contributed by atoms with Crippen molar-refractivity contribution < 1.29 is 15.0 Å². The summed E-state index contributed by atoms with van der Waals surface area (Å²) in [5.74, 6) is 2.55. The Morgan fingerprint density at radius 3 is 2.46 bits per heavy atom.